The van der Waals surface area contributed by atoms with E-state index in [0.29, 0.717) is 24.5 Å². The zero-order chi connectivity index (χ0) is 21.5. The number of hydrogen-bond acceptors (Lipinski definition) is 5. The second-order valence-corrected chi connectivity index (χ2v) is 7.15. The van der Waals surface area contributed by atoms with Crippen molar-refractivity contribution in [3.63, 3.8) is 0 Å². The van der Waals surface area contributed by atoms with Crippen molar-refractivity contribution in [3.05, 3.63) is 76.7 Å². The minimum absolute atomic E-state index is 0.275. The van der Waals surface area contributed by atoms with Gasteiger partial charge in [0.2, 0.25) is 4.80 Å². The third-order valence-corrected chi connectivity index (χ3v) is 5.31. The monoisotopic (exact) mass is 425 g/mol. The predicted molar refractivity (Wildman–Crippen MR) is 120 cm³/mol. The van der Waals surface area contributed by atoms with Crippen LogP contribution in [0.15, 0.2) is 70.6 Å². The van der Waals surface area contributed by atoms with Crippen molar-refractivity contribution in [2.24, 2.45) is 10.1 Å². The SMILES string of the molecule is C=CCN=c1scc(-c2ccc(OC)cc2OC)n1/N=C(\CC)c1ccc(F)cc1. The maximum absolute atomic E-state index is 13.4. The molecular formula is C23H24FN3O2S. The van der Waals surface area contributed by atoms with Crippen molar-refractivity contribution in [1.82, 2.24) is 4.68 Å². The Balaban J connectivity index is 2.21. The molecule has 3 rings (SSSR count). The normalized spacial score (nSPS) is 12.1. The molecule has 0 atom stereocenters. The van der Waals surface area contributed by atoms with Gasteiger partial charge in [0.15, 0.2) is 0 Å². The fourth-order valence-corrected chi connectivity index (χ4v) is 3.77. The summed E-state index contributed by atoms with van der Waals surface area (Å²) in [6.45, 7) is 6.24. The van der Waals surface area contributed by atoms with Gasteiger partial charge in [0.25, 0.3) is 0 Å². The highest BCUT2D eigenvalue weighted by atomic mass is 32.1. The lowest BCUT2D eigenvalue weighted by molar-refractivity contribution is 0.395. The van der Waals surface area contributed by atoms with Gasteiger partial charge in [-0.15, -0.1) is 17.9 Å². The molecule has 0 unspecified atom stereocenters. The van der Waals surface area contributed by atoms with E-state index < -0.39 is 0 Å². The van der Waals surface area contributed by atoms with Crippen LogP contribution in [0, 0.1) is 5.82 Å². The average molecular weight is 426 g/mol. The van der Waals surface area contributed by atoms with Crippen LogP contribution < -0.4 is 14.3 Å². The molecule has 3 aromatic rings. The Morgan fingerprint density at radius 3 is 2.57 bits per heavy atom. The molecule has 0 amide bonds. The van der Waals surface area contributed by atoms with Gasteiger partial charge >= 0.3 is 0 Å². The van der Waals surface area contributed by atoms with E-state index in [-0.39, 0.29) is 5.82 Å². The summed E-state index contributed by atoms with van der Waals surface area (Å²) in [6.07, 6.45) is 2.41. The standard InChI is InChI=1S/C23H24FN3O2S/c1-5-13-25-23-27(26-20(6-2)16-7-9-17(24)10-8-16)21(15-30-23)19-12-11-18(28-3)14-22(19)29-4/h5,7-12,14-15H,1,6,13H2,2-4H3/b25-23?,26-20+. The van der Waals surface area contributed by atoms with Crippen molar-refractivity contribution in [2.75, 3.05) is 20.8 Å². The minimum Gasteiger partial charge on any atom is -0.497 e. The molecule has 1 aromatic heterocycles. The minimum atomic E-state index is -0.275. The molecule has 0 saturated heterocycles. The smallest absolute Gasteiger partial charge is 0.206 e. The average Bonchev–Trinajstić information content (AvgIpc) is 3.18. The Labute approximate surface area is 179 Å². The largest absolute Gasteiger partial charge is 0.497 e. The Kier molecular flexibility index (Phi) is 7.19. The summed E-state index contributed by atoms with van der Waals surface area (Å²) in [5, 5.41) is 6.88. The molecule has 0 radical (unpaired) electrons. The fraction of sp³-hybridized carbons (Fsp3) is 0.217. The molecule has 2 aromatic carbocycles. The fourth-order valence-electron chi connectivity index (χ4n) is 2.94. The highest BCUT2D eigenvalue weighted by Crippen LogP contribution is 2.33. The van der Waals surface area contributed by atoms with E-state index in [1.165, 1.54) is 23.5 Å². The lowest BCUT2D eigenvalue weighted by Gasteiger charge is -2.12. The third-order valence-electron chi connectivity index (χ3n) is 4.46. The summed E-state index contributed by atoms with van der Waals surface area (Å²) in [4.78, 5) is 5.32. The molecule has 0 fully saturated rings. The molecule has 156 valence electrons. The van der Waals surface area contributed by atoms with Crippen LogP contribution in [0.3, 0.4) is 0 Å². The van der Waals surface area contributed by atoms with Gasteiger partial charge in [0, 0.05) is 17.0 Å². The Bertz CT molecular complexity index is 1110. The molecule has 0 bridgehead atoms. The van der Waals surface area contributed by atoms with Crippen LogP contribution in [-0.2, 0) is 0 Å². The first-order valence-corrected chi connectivity index (χ1v) is 10.4. The molecule has 0 aliphatic heterocycles. The molecule has 30 heavy (non-hydrogen) atoms. The summed E-state index contributed by atoms with van der Waals surface area (Å²) < 4.78 is 26.1. The van der Waals surface area contributed by atoms with Crippen LogP contribution in [0.25, 0.3) is 11.3 Å². The van der Waals surface area contributed by atoms with Crippen LogP contribution in [0.5, 0.6) is 11.5 Å². The van der Waals surface area contributed by atoms with Crippen LogP contribution in [-0.4, -0.2) is 31.2 Å². The van der Waals surface area contributed by atoms with Gasteiger partial charge in [-0.1, -0.05) is 25.1 Å². The molecule has 0 aliphatic rings. The number of thiazole rings is 1. The van der Waals surface area contributed by atoms with Gasteiger partial charge in [0.1, 0.15) is 17.3 Å². The first-order chi connectivity index (χ1) is 14.6. The maximum Gasteiger partial charge on any atom is 0.206 e. The molecule has 5 nitrogen and oxygen atoms in total. The zero-order valence-corrected chi connectivity index (χ0v) is 18.1. The van der Waals surface area contributed by atoms with E-state index in [4.69, 9.17) is 14.6 Å². The van der Waals surface area contributed by atoms with Gasteiger partial charge in [-0.3, -0.25) is 4.99 Å². The molecule has 7 heteroatoms. The number of nitrogens with zero attached hydrogens (tertiary/aromatic N) is 3. The van der Waals surface area contributed by atoms with Crippen LogP contribution >= 0.6 is 11.3 Å². The summed E-state index contributed by atoms with van der Waals surface area (Å²) >= 11 is 1.48. The molecule has 0 aliphatic carbocycles. The highest BCUT2D eigenvalue weighted by Gasteiger charge is 2.15. The number of ether oxygens (including phenoxy) is 2. The summed E-state index contributed by atoms with van der Waals surface area (Å²) in [7, 11) is 3.24. The second-order valence-electron chi connectivity index (χ2n) is 6.32. The highest BCUT2D eigenvalue weighted by molar-refractivity contribution is 7.07. The number of hydrogen-bond donors (Lipinski definition) is 0. The molecule has 1 heterocycles. The maximum atomic E-state index is 13.4. The van der Waals surface area contributed by atoms with Crippen molar-refractivity contribution in [3.8, 4) is 22.8 Å². The predicted octanol–water partition coefficient (Wildman–Crippen LogP) is 5.12. The Morgan fingerprint density at radius 1 is 1.17 bits per heavy atom. The van der Waals surface area contributed by atoms with E-state index in [1.54, 1.807) is 37.1 Å². The molecule has 0 spiro atoms. The quantitative estimate of drug-likeness (QED) is 0.371. The number of methoxy groups -OCH3 is 2. The number of benzene rings is 2. The second kappa shape index (κ2) is 10.0. The van der Waals surface area contributed by atoms with Gasteiger partial charge in [-0.25, -0.2) is 9.07 Å². The van der Waals surface area contributed by atoms with Gasteiger partial charge in [0.05, 0.1) is 32.2 Å². The number of aromatic nitrogens is 1. The number of rotatable bonds is 8. The van der Waals surface area contributed by atoms with Gasteiger partial charge in [-0.05, 0) is 36.2 Å². The van der Waals surface area contributed by atoms with Crippen LogP contribution in [0.2, 0.25) is 0 Å². The van der Waals surface area contributed by atoms with Gasteiger partial charge in [-0.2, -0.15) is 5.10 Å². The summed E-state index contributed by atoms with van der Waals surface area (Å²) in [5.74, 6) is 1.10. The van der Waals surface area contributed by atoms with Crippen molar-refractivity contribution in [1.29, 1.82) is 0 Å². The zero-order valence-electron chi connectivity index (χ0n) is 17.3. The molecule has 0 N–H and O–H groups in total. The van der Waals surface area contributed by atoms with E-state index in [9.17, 15) is 4.39 Å². The summed E-state index contributed by atoms with van der Waals surface area (Å²) in [5.41, 5.74) is 3.39. The van der Waals surface area contributed by atoms with E-state index in [0.717, 1.165) is 27.3 Å². The van der Waals surface area contributed by atoms with Crippen LogP contribution in [0.1, 0.15) is 18.9 Å². The Hall–Kier alpha value is -3.19. The van der Waals surface area contributed by atoms with E-state index >= 15 is 0 Å². The first kappa shape index (κ1) is 21.5. The molecule has 0 saturated carbocycles. The lowest BCUT2D eigenvalue weighted by atomic mass is 10.1. The Morgan fingerprint density at radius 2 is 1.93 bits per heavy atom. The molecular weight excluding hydrogens is 401 g/mol. The van der Waals surface area contributed by atoms with E-state index in [1.807, 2.05) is 30.5 Å². The van der Waals surface area contributed by atoms with E-state index in [2.05, 4.69) is 11.6 Å². The van der Waals surface area contributed by atoms with Crippen molar-refractivity contribution >= 4 is 17.0 Å². The third kappa shape index (κ3) is 4.68. The topological polar surface area (TPSA) is 48.1 Å². The number of halogens is 1. The van der Waals surface area contributed by atoms with Gasteiger partial charge < -0.3 is 9.47 Å². The summed E-state index contributed by atoms with van der Waals surface area (Å²) in [6, 6.07) is 12.0. The first-order valence-electron chi connectivity index (χ1n) is 9.49. The lowest BCUT2D eigenvalue weighted by Crippen LogP contribution is -2.15. The van der Waals surface area contributed by atoms with Crippen molar-refractivity contribution < 1.29 is 13.9 Å². The van der Waals surface area contributed by atoms with Crippen LogP contribution in [0.4, 0.5) is 4.39 Å². The van der Waals surface area contributed by atoms with Crippen molar-refractivity contribution in [2.45, 2.75) is 13.3 Å².